The second kappa shape index (κ2) is 6.81. The number of hydrogen-bond acceptors (Lipinski definition) is 5. The first-order valence-electron chi connectivity index (χ1n) is 7.79. The maximum atomic E-state index is 13.2. The first-order chi connectivity index (χ1) is 12.2. The van der Waals surface area contributed by atoms with Crippen molar-refractivity contribution in [3.05, 3.63) is 59.9 Å². The molecule has 1 atom stereocenters. The molecule has 1 amide bonds. The van der Waals surface area contributed by atoms with Gasteiger partial charge in [0.15, 0.2) is 19.7 Å². The summed E-state index contributed by atoms with van der Waals surface area (Å²) in [5.41, 5.74) is 0.321. The fourth-order valence-corrected chi connectivity index (χ4v) is 7.19. The van der Waals surface area contributed by atoms with Crippen LogP contribution >= 0.6 is 0 Å². The molecule has 1 unspecified atom stereocenters. The van der Waals surface area contributed by atoms with Crippen LogP contribution in [-0.2, 0) is 19.7 Å². The molecule has 138 valence electrons. The van der Waals surface area contributed by atoms with Crippen molar-refractivity contribution in [3.63, 3.8) is 0 Å². The van der Waals surface area contributed by atoms with E-state index in [4.69, 9.17) is 0 Å². The van der Waals surface area contributed by atoms with Gasteiger partial charge in [0, 0.05) is 11.3 Å². The lowest BCUT2D eigenvalue weighted by atomic mass is 10.2. The molecule has 0 radical (unpaired) electrons. The number of sulfone groups is 2. The molecule has 9 heteroatoms. The van der Waals surface area contributed by atoms with Crippen LogP contribution in [0.4, 0.5) is 10.1 Å². The normalized spacial score (nSPS) is 19.2. The van der Waals surface area contributed by atoms with Crippen molar-refractivity contribution in [3.8, 4) is 0 Å². The number of halogens is 1. The van der Waals surface area contributed by atoms with Gasteiger partial charge in [-0.25, -0.2) is 21.2 Å². The molecule has 1 heterocycles. The quantitative estimate of drug-likeness (QED) is 0.851. The predicted molar refractivity (Wildman–Crippen MR) is 95.0 cm³/mol. The van der Waals surface area contributed by atoms with Gasteiger partial charge in [-0.2, -0.15) is 0 Å². The van der Waals surface area contributed by atoms with E-state index in [1.807, 2.05) is 0 Å². The van der Waals surface area contributed by atoms with Gasteiger partial charge in [0.25, 0.3) is 5.91 Å². The van der Waals surface area contributed by atoms with Crippen molar-refractivity contribution >= 4 is 31.3 Å². The molecule has 1 fully saturated rings. The molecule has 26 heavy (non-hydrogen) atoms. The third-order valence-electron chi connectivity index (χ3n) is 4.14. The summed E-state index contributed by atoms with van der Waals surface area (Å²) in [7, 11) is -7.22. The minimum Gasteiger partial charge on any atom is -0.322 e. The van der Waals surface area contributed by atoms with Crippen molar-refractivity contribution in [2.24, 2.45) is 0 Å². The van der Waals surface area contributed by atoms with E-state index < -0.39 is 42.4 Å². The largest absolute Gasteiger partial charge is 0.322 e. The number of rotatable bonds is 4. The SMILES string of the molecule is O=C(Nc1cccc(F)c1)c1cccc(S(=O)(=O)C2CCS(=O)(=O)C2)c1. The third kappa shape index (κ3) is 3.94. The summed E-state index contributed by atoms with van der Waals surface area (Å²) in [5, 5.41) is 1.49. The van der Waals surface area contributed by atoms with Gasteiger partial charge in [-0.15, -0.1) is 0 Å². The maximum Gasteiger partial charge on any atom is 0.255 e. The lowest BCUT2D eigenvalue weighted by molar-refractivity contribution is 0.102. The minimum absolute atomic E-state index is 0.0460. The number of carbonyl (C=O) groups is 1. The Kier molecular flexibility index (Phi) is 4.85. The molecule has 0 aromatic heterocycles. The number of hydrogen-bond donors (Lipinski definition) is 1. The monoisotopic (exact) mass is 397 g/mol. The molecule has 0 bridgehead atoms. The van der Waals surface area contributed by atoms with Gasteiger partial charge in [-0.1, -0.05) is 12.1 Å². The molecule has 2 aromatic carbocycles. The van der Waals surface area contributed by atoms with Crippen molar-refractivity contribution in [1.82, 2.24) is 0 Å². The van der Waals surface area contributed by atoms with Crippen LogP contribution in [0.15, 0.2) is 53.4 Å². The maximum absolute atomic E-state index is 13.2. The van der Waals surface area contributed by atoms with Crippen LogP contribution < -0.4 is 5.32 Å². The van der Waals surface area contributed by atoms with E-state index in [9.17, 15) is 26.0 Å². The lowest BCUT2D eigenvalue weighted by Gasteiger charge is -2.11. The second-order valence-corrected chi connectivity index (χ2v) is 10.5. The predicted octanol–water partition coefficient (Wildman–Crippen LogP) is 2.04. The molecule has 0 spiro atoms. The van der Waals surface area contributed by atoms with Gasteiger partial charge >= 0.3 is 0 Å². The molecule has 3 rings (SSSR count). The summed E-state index contributed by atoms with van der Waals surface area (Å²) in [5.74, 6) is -1.67. The van der Waals surface area contributed by atoms with Gasteiger partial charge in [-0.3, -0.25) is 4.79 Å². The summed E-state index contributed by atoms with van der Waals surface area (Å²) < 4.78 is 61.6. The second-order valence-electron chi connectivity index (χ2n) is 6.06. The molecule has 6 nitrogen and oxygen atoms in total. The van der Waals surface area contributed by atoms with Gasteiger partial charge in [0.05, 0.1) is 21.7 Å². The molecule has 1 N–H and O–H groups in total. The third-order valence-corrected chi connectivity index (χ3v) is 8.31. The van der Waals surface area contributed by atoms with Crippen molar-refractivity contribution in [1.29, 1.82) is 0 Å². The zero-order valence-electron chi connectivity index (χ0n) is 13.6. The molecule has 0 saturated carbocycles. The van der Waals surface area contributed by atoms with Crippen LogP contribution in [0.25, 0.3) is 0 Å². The Morgan fingerprint density at radius 3 is 2.50 bits per heavy atom. The summed E-state index contributed by atoms with van der Waals surface area (Å²) >= 11 is 0. The molecule has 1 aliphatic heterocycles. The van der Waals surface area contributed by atoms with E-state index >= 15 is 0 Å². The average molecular weight is 397 g/mol. The summed E-state index contributed by atoms with van der Waals surface area (Å²) in [4.78, 5) is 12.2. The van der Waals surface area contributed by atoms with Crippen LogP contribution in [-0.4, -0.2) is 39.5 Å². The minimum atomic E-state index is -3.86. The highest BCUT2D eigenvalue weighted by molar-refractivity contribution is 7.96. The molecule has 2 aromatic rings. The van der Waals surface area contributed by atoms with E-state index in [1.54, 1.807) is 0 Å². The van der Waals surface area contributed by atoms with Crippen LogP contribution in [0, 0.1) is 5.82 Å². The number of benzene rings is 2. The molecule has 0 aliphatic carbocycles. The highest BCUT2D eigenvalue weighted by Crippen LogP contribution is 2.26. The molecule has 1 saturated heterocycles. The van der Waals surface area contributed by atoms with Crippen LogP contribution in [0.2, 0.25) is 0 Å². The standard InChI is InChI=1S/C17H16FNO5S2/c18-13-4-2-5-14(10-13)19-17(20)12-3-1-6-15(9-12)26(23,24)16-7-8-25(21,22)11-16/h1-6,9-10,16H,7-8,11H2,(H,19,20). The van der Waals surface area contributed by atoms with Gasteiger partial charge < -0.3 is 5.32 Å². The van der Waals surface area contributed by atoms with Crippen LogP contribution in [0.5, 0.6) is 0 Å². The van der Waals surface area contributed by atoms with Crippen molar-refractivity contribution in [2.75, 3.05) is 16.8 Å². The molecular weight excluding hydrogens is 381 g/mol. The zero-order chi connectivity index (χ0) is 18.9. The lowest BCUT2D eigenvalue weighted by Crippen LogP contribution is -2.23. The summed E-state index contributed by atoms with van der Waals surface area (Å²) in [6.07, 6.45) is 0.0460. The first-order valence-corrected chi connectivity index (χ1v) is 11.2. The number of carbonyl (C=O) groups excluding carboxylic acids is 1. The molecule has 1 aliphatic rings. The highest BCUT2D eigenvalue weighted by atomic mass is 32.2. The zero-order valence-corrected chi connectivity index (χ0v) is 15.2. The smallest absolute Gasteiger partial charge is 0.255 e. The van der Waals surface area contributed by atoms with E-state index in [1.165, 1.54) is 42.5 Å². The fraction of sp³-hybridized carbons (Fsp3) is 0.235. The Morgan fingerprint density at radius 2 is 1.85 bits per heavy atom. The molecular formula is C17H16FNO5S2. The highest BCUT2D eigenvalue weighted by Gasteiger charge is 2.38. The number of anilines is 1. The Morgan fingerprint density at radius 1 is 1.12 bits per heavy atom. The Bertz CT molecular complexity index is 1060. The van der Waals surface area contributed by atoms with Gasteiger partial charge in [0.1, 0.15) is 5.82 Å². The van der Waals surface area contributed by atoms with E-state index in [0.29, 0.717) is 0 Å². The fourth-order valence-electron chi connectivity index (χ4n) is 2.78. The van der Waals surface area contributed by atoms with Crippen LogP contribution in [0.3, 0.4) is 0 Å². The summed E-state index contributed by atoms with van der Waals surface area (Å²) in [6, 6.07) is 10.7. The van der Waals surface area contributed by atoms with Crippen molar-refractivity contribution in [2.45, 2.75) is 16.6 Å². The Balaban J connectivity index is 1.85. The average Bonchev–Trinajstić information content (AvgIpc) is 2.96. The Labute approximate surface area is 150 Å². The van der Waals surface area contributed by atoms with Crippen LogP contribution in [0.1, 0.15) is 16.8 Å². The van der Waals surface area contributed by atoms with Gasteiger partial charge in [0.2, 0.25) is 0 Å². The first kappa shape index (κ1) is 18.5. The number of nitrogens with one attached hydrogen (secondary N) is 1. The topological polar surface area (TPSA) is 97.4 Å². The van der Waals surface area contributed by atoms with Gasteiger partial charge in [-0.05, 0) is 42.8 Å². The van der Waals surface area contributed by atoms with E-state index in [-0.39, 0.29) is 28.3 Å². The Hall–Kier alpha value is -2.26. The van der Waals surface area contributed by atoms with E-state index in [0.717, 1.165) is 6.07 Å². The number of amides is 1. The van der Waals surface area contributed by atoms with E-state index in [2.05, 4.69) is 5.32 Å². The van der Waals surface area contributed by atoms with Crippen molar-refractivity contribution < 1.29 is 26.0 Å². The summed E-state index contributed by atoms with van der Waals surface area (Å²) in [6.45, 7) is 0.